The van der Waals surface area contributed by atoms with E-state index < -0.39 is 0 Å². The zero-order chi connectivity index (χ0) is 13.8. The number of nitrogens with two attached hydrogens (primary N) is 1. The van der Waals surface area contributed by atoms with E-state index in [0.29, 0.717) is 11.4 Å². The molecule has 1 fully saturated rings. The molecule has 3 nitrogen and oxygen atoms in total. The molecule has 19 heavy (non-hydrogen) atoms. The lowest BCUT2D eigenvalue weighted by Gasteiger charge is -2.32. The Labute approximate surface area is 114 Å². The fourth-order valence-corrected chi connectivity index (χ4v) is 2.27. The van der Waals surface area contributed by atoms with Gasteiger partial charge in [-0.2, -0.15) is 0 Å². The second kappa shape index (κ2) is 6.24. The van der Waals surface area contributed by atoms with Crippen LogP contribution in [-0.2, 0) is 0 Å². The topological polar surface area (TPSA) is 38.5 Å². The summed E-state index contributed by atoms with van der Waals surface area (Å²) < 4.78 is 19.8. The largest absolute Gasteiger partial charge is 0.491 e. The van der Waals surface area contributed by atoms with Crippen LogP contribution in [0.1, 0.15) is 33.1 Å². The highest BCUT2D eigenvalue weighted by Gasteiger charge is 2.19. The van der Waals surface area contributed by atoms with Crippen molar-refractivity contribution in [3.05, 3.63) is 24.0 Å². The number of hydrogen-bond acceptors (Lipinski definition) is 3. The molecule has 1 saturated heterocycles. The summed E-state index contributed by atoms with van der Waals surface area (Å²) in [5.74, 6) is 0.389. The minimum atomic E-state index is -0.212. The fraction of sp³-hybridized carbons (Fsp3) is 0.600. The van der Waals surface area contributed by atoms with Crippen molar-refractivity contribution >= 4 is 5.69 Å². The van der Waals surface area contributed by atoms with Gasteiger partial charge in [-0.25, -0.2) is 4.39 Å². The highest BCUT2D eigenvalue weighted by molar-refractivity contribution is 5.51. The summed E-state index contributed by atoms with van der Waals surface area (Å²) >= 11 is 0. The van der Waals surface area contributed by atoms with Gasteiger partial charge >= 0.3 is 0 Å². The number of piperidine rings is 1. The molecule has 1 aromatic rings. The van der Waals surface area contributed by atoms with Gasteiger partial charge in [0.15, 0.2) is 0 Å². The average Bonchev–Trinajstić information content (AvgIpc) is 2.40. The molecule has 0 saturated carbocycles. The lowest BCUT2D eigenvalue weighted by molar-refractivity contribution is 0.216. The van der Waals surface area contributed by atoms with Crippen molar-refractivity contribution in [2.75, 3.05) is 18.0 Å². The molecule has 0 radical (unpaired) electrons. The summed E-state index contributed by atoms with van der Waals surface area (Å²) in [5.41, 5.74) is 6.52. The van der Waals surface area contributed by atoms with E-state index in [2.05, 4.69) is 4.90 Å². The second-order valence-electron chi connectivity index (χ2n) is 5.27. The van der Waals surface area contributed by atoms with Crippen molar-refractivity contribution < 1.29 is 9.13 Å². The van der Waals surface area contributed by atoms with Gasteiger partial charge in [0.2, 0.25) is 0 Å². The van der Waals surface area contributed by atoms with Crippen LogP contribution in [0.5, 0.6) is 5.75 Å². The van der Waals surface area contributed by atoms with Crippen molar-refractivity contribution in [1.29, 1.82) is 0 Å². The summed E-state index contributed by atoms with van der Waals surface area (Å²) in [5, 5.41) is 0. The zero-order valence-electron chi connectivity index (χ0n) is 11.7. The van der Waals surface area contributed by atoms with Crippen molar-refractivity contribution in [1.82, 2.24) is 0 Å². The van der Waals surface area contributed by atoms with Crippen molar-refractivity contribution in [2.24, 2.45) is 5.73 Å². The molecule has 1 unspecified atom stereocenters. The van der Waals surface area contributed by atoms with Crippen LogP contribution in [0.3, 0.4) is 0 Å². The molecular formula is C15H23FN2O. The number of rotatable bonds is 4. The van der Waals surface area contributed by atoms with Crippen LogP contribution >= 0.6 is 0 Å². The third-order valence-corrected chi connectivity index (χ3v) is 3.71. The molecule has 2 rings (SSSR count). The Morgan fingerprint density at radius 3 is 2.68 bits per heavy atom. The van der Waals surface area contributed by atoms with Gasteiger partial charge in [-0.05, 0) is 38.3 Å². The number of hydrogen-bond donors (Lipinski definition) is 1. The van der Waals surface area contributed by atoms with Crippen molar-refractivity contribution in [3.63, 3.8) is 0 Å². The van der Waals surface area contributed by atoms with Gasteiger partial charge in [0.05, 0.1) is 11.8 Å². The third kappa shape index (κ3) is 3.60. The molecule has 0 aromatic heterocycles. The molecule has 0 aliphatic carbocycles. The summed E-state index contributed by atoms with van der Waals surface area (Å²) in [6, 6.07) is 5.39. The van der Waals surface area contributed by atoms with E-state index in [1.807, 2.05) is 26.0 Å². The van der Waals surface area contributed by atoms with Gasteiger partial charge < -0.3 is 15.4 Å². The molecule has 1 aliphatic heterocycles. The number of ether oxygens (including phenoxy) is 1. The Balaban J connectivity index is 2.06. The first-order valence-corrected chi connectivity index (χ1v) is 7.07. The lowest BCUT2D eigenvalue weighted by Crippen LogP contribution is -2.40. The molecule has 0 amide bonds. The van der Waals surface area contributed by atoms with Gasteiger partial charge in [0.1, 0.15) is 11.6 Å². The Morgan fingerprint density at radius 2 is 2.11 bits per heavy atom. The fourth-order valence-electron chi connectivity index (χ4n) is 2.27. The maximum Gasteiger partial charge on any atom is 0.150 e. The predicted molar refractivity (Wildman–Crippen MR) is 76.2 cm³/mol. The molecule has 0 spiro atoms. The highest BCUT2D eigenvalue weighted by atomic mass is 19.1. The number of halogens is 1. The van der Waals surface area contributed by atoms with E-state index in [9.17, 15) is 4.39 Å². The average molecular weight is 266 g/mol. The number of benzene rings is 1. The SMILES string of the molecule is CCC(C)Oc1ccc(N2CCC(N)CC2)c(F)c1. The Morgan fingerprint density at radius 1 is 1.42 bits per heavy atom. The Bertz CT molecular complexity index is 417. The van der Waals surface area contributed by atoms with Crippen LogP contribution in [0.2, 0.25) is 0 Å². The molecule has 1 aliphatic rings. The van der Waals surface area contributed by atoms with E-state index in [-0.39, 0.29) is 18.0 Å². The summed E-state index contributed by atoms with van der Waals surface area (Å²) in [4.78, 5) is 2.06. The van der Waals surface area contributed by atoms with Gasteiger partial charge in [-0.3, -0.25) is 0 Å². The van der Waals surface area contributed by atoms with Crippen LogP contribution < -0.4 is 15.4 Å². The minimum absolute atomic E-state index is 0.109. The minimum Gasteiger partial charge on any atom is -0.491 e. The lowest BCUT2D eigenvalue weighted by atomic mass is 10.1. The quantitative estimate of drug-likeness (QED) is 0.910. The van der Waals surface area contributed by atoms with Crippen molar-refractivity contribution in [3.8, 4) is 5.75 Å². The highest BCUT2D eigenvalue weighted by Crippen LogP contribution is 2.27. The molecular weight excluding hydrogens is 243 g/mol. The normalized spacial score (nSPS) is 18.4. The monoisotopic (exact) mass is 266 g/mol. The first-order valence-electron chi connectivity index (χ1n) is 7.07. The smallest absolute Gasteiger partial charge is 0.150 e. The number of anilines is 1. The van der Waals surface area contributed by atoms with E-state index >= 15 is 0 Å². The Kier molecular flexibility index (Phi) is 4.64. The van der Waals surface area contributed by atoms with Crippen molar-refractivity contribution in [2.45, 2.75) is 45.3 Å². The Hall–Kier alpha value is -1.29. The third-order valence-electron chi connectivity index (χ3n) is 3.71. The molecule has 0 bridgehead atoms. The summed E-state index contributed by atoms with van der Waals surface area (Å²) in [6.45, 7) is 5.68. The van der Waals surface area contributed by atoms with Crippen LogP contribution in [0.25, 0.3) is 0 Å². The van der Waals surface area contributed by atoms with Gasteiger partial charge in [-0.1, -0.05) is 6.92 Å². The second-order valence-corrected chi connectivity index (χ2v) is 5.27. The summed E-state index contributed by atoms with van der Waals surface area (Å²) in [6.07, 6.45) is 2.86. The van der Waals surface area contributed by atoms with E-state index in [1.54, 1.807) is 0 Å². The van der Waals surface area contributed by atoms with Crippen LogP contribution in [0, 0.1) is 5.82 Å². The summed E-state index contributed by atoms with van der Waals surface area (Å²) in [7, 11) is 0. The van der Waals surface area contributed by atoms with E-state index in [4.69, 9.17) is 10.5 Å². The standard InChI is InChI=1S/C15H23FN2O/c1-3-11(2)19-13-4-5-15(14(16)10-13)18-8-6-12(17)7-9-18/h4-5,10-12H,3,6-9,17H2,1-2H3. The molecule has 1 heterocycles. The maximum absolute atomic E-state index is 14.1. The van der Waals surface area contributed by atoms with Gasteiger partial charge in [0.25, 0.3) is 0 Å². The zero-order valence-corrected chi connectivity index (χ0v) is 11.7. The molecule has 106 valence electrons. The van der Waals surface area contributed by atoms with Crippen LogP contribution in [-0.4, -0.2) is 25.2 Å². The van der Waals surface area contributed by atoms with Gasteiger partial charge in [-0.15, -0.1) is 0 Å². The van der Waals surface area contributed by atoms with Gasteiger partial charge in [0, 0.05) is 25.2 Å². The number of nitrogens with zero attached hydrogens (tertiary/aromatic N) is 1. The first-order chi connectivity index (χ1) is 9.10. The van der Waals surface area contributed by atoms with Crippen LogP contribution in [0.15, 0.2) is 18.2 Å². The molecule has 2 N–H and O–H groups in total. The maximum atomic E-state index is 14.1. The predicted octanol–water partition coefficient (Wildman–Crippen LogP) is 2.93. The van der Waals surface area contributed by atoms with Crippen LogP contribution in [0.4, 0.5) is 10.1 Å². The molecule has 1 atom stereocenters. The van der Waals surface area contributed by atoms with E-state index in [0.717, 1.165) is 32.4 Å². The molecule has 1 aromatic carbocycles. The van der Waals surface area contributed by atoms with E-state index in [1.165, 1.54) is 6.07 Å². The molecule has 4 heteroatoms. The first kappa shape index (κ1) is 14.1.